The summed E-state index contributed by atoms with van der Waals surface area (Å²) >= 11 is 0. The molecule has 0 aliphatic carbocycles. The molecule has 2 atom stereocenters. The Labute approximate surface area is 518 Å². The van der Waals surface area contributed by atoms with Crippen molar-refractivity contribution in [2.24, 2.45) is 0 Å². The van der Waals surface area contributed by atoms with Gasteiger partial charge in [-0.3, -0.25) is 14.2 Å². The Hall–Kier alpha value is -3.33. The maximum Gasteiger partial charge on any atom is 0.306 e. The molecule has 484 valence electrons. The summed E-state index contributed by atoms with van der Waals surface area (Å²) in [4.78, 5) is 38.1. The van der Waals surface area contributed by atoms with E-state index >= 15 is 0 Å². The third-order valence-electron chi connectivity index (χ3n) is 14.8. The second kappa shape index (κ2) is 64.2. The molecule has 0 aliphatic rings. The lowest BCUT2D eigenvalue weighted by atomic mass is 10.0. The average Bonchev–Trinajstić information content (AvgIpc) is 3.61. The maximum absolute atomic E-state index is 12.9. The van der Waals surface area contributed by atoms with Crippen LogP contribution < -0.4 is 4.89 Å². The average molecular weight is 1190 g/mol. The van der Waals surface area contributed by atoms with Gasteiger partial charge >= 0.3 is 11.9 Å². The van der Waals surface area contributed by atoms with Gasteiger partial charge in [0, 0.05) is 12.8 Å². The molecule has 0 fully saturated rings. The molecule has 0 aromatic rings. The van der Waals surface area contributed by atoms with Crippen LogP contribution in [0.4, 0.5) is 0 Å². The van der Waals surface area contributed by atoms with E-state index in [1.54, 1.807) is 0 Å². The van der Waals surface area contributed by atoms with Crippen LogP contribution in [0.1, 0.15) is 296 Å². The number of carbonyl (C=O) groups excluding carboxylic acids is 2. The number of allylic oxidation sites excluding steroid dienone is 18. The van der Waals surface area contributed by atoms with Gasteiger partial charge in [0.2, 0.25) is 0 Å². The van der Waals surface area contributed by atoms with E-state index in [2.05, 4.69) is 123 Å². The van der Waals surface area contributed by atoms with Crippen molar-refractivity contribution in [3.8, 4) is 0 Å². The number of phosphoric ester groups is 1. The van der Waals surface area contributed by atoms with E-state index < -0.39 is 26.5 Å². The zero-order chi connectivity index (χ0) is 61.2. The topological polar surface area (TPSA) is 111 Å². The number of phosphoric acid groups is 1. The molecule has 0 N–H and O–H groups in total. The molecular formula is C74H130NO8P. The van der Waals surface area contributed by atoms with Crippen molar-refractivity contribution >= 4 is 19.8 Å². The first kappa shape index (κ1) is 80.7. The van der Waals surface area contributed by atoms with Gasteiger partial charge in [-0.15, -0.1) is 0 Å². The summed E-state index contributed by atoms with van der Waals surface area (Å²) in [6.45, 7) is 4.12. The van der Waals surface area contributed by atoms with E-state index in [4.69, 9.17) is 18.5 Å². The minimum Gasteiger partial charge on any atom is -0.756 e. The Kier molecular flexibility index (Phi) is 61.6. The second-order valence-electron chi connectivity index (χ2n) is 24.2. The molecule has 0 amide bonds. The van der Waals surface area contributed by atoms with Crippen molar-refractivity contribution < 1.29 is 42.1 Å². The quantitative estimate of drug-likeness (QED) is 0.0195. The Bertz CT molecular complexity index is 1790. The number of unbranched alkanes of at least 4 members (excludes halogenated alkanes) is 31. The first-order valence-corrected chi connectivity index (χ1v) is 36.1. The number of carbonyl (C=O) groups is 2. The van der Waals surface area contributed by atoms with Crippen molar-refractivity contribution in [1.29, 1.82) is 0 Å². The van der Waals surface area contributed by atoms with Gasteiger partial charge < -0.3 is 27.9 Å². The van der Waals surface area contributed by atoms with Crippen molar-refractivity contribution in [1.82, 2.24) is 0 Å². The van der Waals surface area contributed by atoms with Gasteiger partial charge in [0.05, 0.1) is 27.7 Å². The lowest BCUT2D eigenvalue weighted by molar-refractivity contribution is -0.870. The molecule has 0 aliphatic heterocycles. The highest BCUT2D eigenvalue weighted by Crippen LogP contribution is 2.38. The molecule has 0 aromatic carbocycles. The number of quaternary nitrogens is 1. The maximum atomic E-state index is 12.9. The van der Waals surface area contributed by atoms with E-state index in [1.807, 2.05) is 21.1 Å². The number of hydrogen-bond donors (Lipinski definition) is 0. The van der Waals surface area contributed by atoms with Crippen molar-refractivity contribution in [2.75, 3.05) is 47.5 Å². The van der Waals surface area contributed by atoms with Crippen LogP contribution in [0, 0.1) is 0 Å². The van der Waals surface area contributed by atoms with Gasteiger partial charge in [0.15, 0.2) is 6.10 Å². The fraction of sp³-hybridized carbons (Fsp3) is 0.730. The highest BCUT2D eigenvalue weighted by atomic mass is 31.2. The Morgan fingerprint density at radius 1 is 0.381 bits per heavy atom. The predicted octanol–water partition coefficient (Wildman–Crippen LogP) is 21.9. The number of nitrogens with zero attached hydrogens (tertiary/aromatic N) is 1. The number of rotatable bonds is 63. The van der Waals surface area contributed by atoms with Crippen LogP contribution in [0.3, 0.4) is 0 Å². The molecular weight excluding hydrogens is 1060 g/mol. The Morgan fingerprint density at radius 2 is 0.679 bits per heavy atom. The number of ether oxygens (including phenoxy) is 2. The zero-order valence-electron chi connectivity index (χ0n) is 55.1. The van der Waals surface area contributed by atoms with Crippen LogP contribution >= 0.6 is 7.82 Å². The standard InChI is InChI=1S/C74H130NO8P/c1-6-8-10-12-14-16-18-20-22-24-26-28-30-32-34-35-36-37-38-39-41-42-44-46-48-50-52-54-56-58-60-62-64-66-73(76)80-70-72(71-82-84(78,79)81-69-68-75(3,4)5)83-74(77)67-65-63-61-59-57-55-53-51-49-47-45-43-40-33-31-29-27-25-23-21-19-17-15-13-11-9-7-2/h9,11,15,17-18,20-21,23-24,26-27,29-30,32-33,40,45,47,72H,6-8,10,12-14,16,19,22,25,28,31,34-39,41-44,46,48-71H2,1-5H3/b11-9-,17-15-,20-18-,23-21-,26-24-,29-27-,32-30-,40-33-,47-45-. The van der Waals surface area contributed by atoms with E-state index in [9.17, 15) is 19.0 Å². The lowest BCUT2D eigenvalue weighted by Gasteiger charge is -2.28. The van der Waals surface area contributed by atoms with Gasteiger partial charge in [-0.1, -0.05) is 290 Å². The second-order valence-corrected chi connectivity index (χ2v) is 25.6. The van der Waals surface area contributed by atoms with Crippen LogP contribution in [0.15, 0.2) is 109 Å². The summed E-state index contributed by atoms with van der Waals surface area (Å²) in [6, 6.07) is 0. The first-order chi connectivity index (χ1) is 41.0. The summed E-state index contributed by atoms with van der Waals surface area (Å²) in [5.41, 5.74) is 0. The molecule has 0 saturated heterocycles. The minimum atomic E-state index is -4.65. The third-order valence-corrected chi connectivity index (χ3v) is 15.7. The lowest BCUT2D eigenvalue weighted by Crippen LogP contribution is -2.37. The molecule has 9 nitrogen and oxygen atoms in total. The van der Waals surface area contributed by atoms with Crippen LogP contribution in [-0.2, 0) is 32.7 Å². The fourth-order valence-corrected chi connectivity index (χ4v) is 10.2. The Balaban J connectivity index is 4.07. The molecule has 84 heavy (non-hydrogen) atoms. The van der Waals surface area contributed by atoms with Gasteiger partial charge in [-0.05, 0) is 103 Å². The monoisotopic (exact) mass is 1190 g/mol. The predicted molar refractivity (Wildman–Crippen MR) is 360 cm³/mol. The molecule has 0 rings (SSSR count). The van der Waals surface area contributed by atoms with Crippen LogP contribution in [0.2, 0.25) is 0 Å². The molecule has 0 saturated carbocycles. The summed E-state index contributed by atoms with van der Waals surface area (Å²) in [6.07, 6.45) is 90.2. The fourth-order valence-electron chi connectivity index (χ4n) is 9.49. The van der Waals surface area contributed by atoms with E-state index in [0.29, 0.717) is 17.4 Å². The van der Waals surface area contributed by atoms with Crippen molar-refractivity contribution in [2.45, 2.75) is 302 Å². The van der Waals surface area contributed by atoms with Crippen LogP contribution in [0.25, 0.3) is 0 Å². The highest BCUT2D eigenvalue weighted by Gasteiger charge is 2.22. The van der Waals surface area contributed by atoms with Gasteiger partial charge in [-0.25, -0.2) is 0 Å². The van der Waals surface area contributed by atoms with Crippen LogP contribution in [0.5, 0.6) is 0 Å². The molecule has 0 radical (unpaired) electrons. The molecule has 2 unspecified atom stereocenters. The van der Waals surface area contributed by atoms with Gasteiger partial charge in [-0.2, -0.15) is 0 Å². The number of likely N-dealkylation sites (N-methyl/N-ethyl adjacent to an activating group) is 1. The Morgan fingerprint density at radius 3 is 1.01 bits per heavy atom. The first-order valence-electron chi connectivity index (χ1n) is 34.6. The van der Waals surface area contributed by atoms with E-state index in [1.165, 1.54) is 167 Å². The summed E-state index contributed by atoms with van der Waals surface area (Å²) in [5, 5.41) is 0. The van der Waals surface area contributed by atoms with E-state index in [0.717, 1.165) is 96.3 Å². The third kappa shape index (κ3) is 67.8. The molecule has 0 aromatic heterocycles. The molecule has 0 spiro atoms. The SMILES string of the molecule is CC/C=C\C/C=C\C/C=C\C/C=C\C/C=C\C/C=C\CCCCCCCCCCC(=O)OC(COC(=O)CCCCCCCCCCCCCCCCCCCC/C=C\C/C=C\C/C=C\CCCCCCC)COP(=O)([O-])OCC[N+](C)(C)C. The highest BCUT2D eigenvalue weighted by molar-refractivity contribution is 7.45. The number of hydrogen-bond acceptors (Lipinski definition) is 8. The minimum absolute atomic E-state index is 0.0367. The van der Waals surface area contributed by atoms with E-state index in [-0.39, 0.29) is 32.0 Å². The molecule has 0 bridgehead atoms. The van der Waals surface area contributed by atoms with Crippen molar-refractivity contribution in [3.05, 3.63) is 109 Å². The normalized spacial score (nSPS) is 13.8. The van der Waals surface area contributed by atoms with Crippen LogP contribution in [-0.4, -0.2) is 70.0 Å². The smallest absolute Gasteiger partial charge is 0.306 e. The summed E-state index contributed by atoms with van der Waals surface area (Å²) in [7, 11) is 1.16. The largest absolute Gasteiger partial charge is 0.756 e. The zero-order valence-corrected chi connectivity index (χ0v) is 56.0. The number of esters is 2. The van der Waals surface area contributed by atoms with Gasteiger partial charge in [0.1, 0.15) is 19.8 Å². The summed E-state index contributed by atoms with van der Waals surface area (Å²) in [5.74, 6) is -0.839. The molecule has 0 heterocycles. The summed E-state index contributed by atoms with van der Waals surface area (Å²) < 4.78 is 34.3. The molecule has 10 heteroatoms. The van der Waals surface area contributed by atoms with Crippen molar-refractivity contribution in [3.63, 3.8) is 0 Å². The van der Waals surface area contributed by atoms with Gasteiger partial charge in [0.25, 0.3) is 7.82 Å².